The summed E-state index contributed by atoms with van der Waals surface area (Å²) in [6.07, 6.45) is 2.13. The SMILES string of the molecule is CSCCC(NC(=O)C(C)NC(=O)C(N)CO)C(=O)NC(C(=O)O)C(C)C. The van der Waals surface area contributed by atoms with Crippen molar-refractivity contribution in [1.82, 2.24) is 16.0 Å². The number of amides is 3. The van der Waals surface area contributed by atoms with Crippen molar-refractivity contribution in [1.29, 1.82) is 0 Å². The summed E-state index contributed by atoms with van der Waals surface area (Å²) in [4.78, 5) is 47.7. The van der Waals surface area contributed by atoms with Crippen LogP contribution in [0.25, 0.3) is 0 Å². The Morgan fingerprint density at radius 3 is 2.04 bits per heavy atom. The molecule has 0 radical (unpaired) electrons. The van der Waals surface area contributed by atoms with Gasteiger partial charge in [-0.2, -0.15) is 11.8 Å². The summed E-state index contributed by atoms with van der Waals surface area (Å²) >= 11 is 1.47. The molecular weight excluding hydrogens is 376 g/mol. The predicted octanol–water partition coefficient (Wildman–Crippen LogP) is -1.73. The van der Waals surface area contributed by atoms with Crippen LogP contribution in [0.15, 0.2) is 0 Å². The minimum atomic E-state index is -1.16. The minimum absolute atomic E-state index is 0.292. The minimum Gasteiger partial charge on any atom is -0.480 e. The highest BCUT2D eigenvalue weighted by molar-refractivity contribution is 7.98. The number of rotatable bonds is 12. The van der Waals surface area contributed by atoms with Gasteiger partial charge in [0.25, 0.3) is 0 Å². The van der Waals surface area contributed by atoms with Crippen LogP contribution in [0.5, 0.6) is 0 Å². The summed E-state index contributed by atoms with van der Waals surface area (Å²) < 4.78 is 0. The van der Waals surface area contributed by atoms with Gasteiger partial charge >= 0.3 is 5.97 Å². The smallest absolute Gasteiger partial charge is 0.326 e. The topological polar surface area (TPSA) is 171 Å². The maximum atomic E-state index is 12.5. The lowest BCUT2D eigenvalue weighted by Gasteiger charge is -2.24. The van der Waals surface area contributed by atoms with E-state index in [1.165, 1.54) is 18.7 Å². The van der Waals surface area contributed by atoms with Gasteiger partial charge in [0.15, 0.2) is 0 Å². The molecule has 0 saturated heterocycles. The van der Waals surface area contributed by atoms with Gasteiger partial charge in [0.1, 0.15) is 24.2 Å². The van der Waals surface area contributed by atoms with E-state index >= 15 is 0 Å². The van der Waals surface area contributed by atoms with Crippen LogP contribution >= 0.6 is 11.8 Å². The highest BCUT2D eigenvalue weighted by atomic mass is 32.2. The summed E-state index contributed by atoms with van der Waals surface area (Å²) in [5.41, 5.74) is 5.38. The predicted molar refractivity (Wildman–Crippen MR) is 102 cm³/mol. The molecular formula is C16H30N4O6S. The third kappa shape index (κ3) is 9.07. The Morgan fingerprint density at radius 1 is 1.00 bits per heavy atom. The van der Waals surface area contributed by atoms with Crippen molar-refractivity contribution in [2.24, 2.45) is 11.7 Å². The molecule has 0 heterocycles. The third-order valence-electron chi connectivity index (χ3n) is 3.76. The fourth-order valence-corrected chi connectivity index (χ4v) is 2.51. The third-order valence-corrected chi connectivity index (χ3v) is 4.40. The molecule has 0 bridgehead atoms. The summed E-state index contributed by atoms with van der Waals surface area (Å²) in [6, 6.07) is -4.17. The first kappa shape index (κ1) is 25.1. The highest BCUT2D eigenvalue weighted by Gasteiger charge is 2.29. The fourth-order valence-electron chi connectivity index (χ4n) is 2.04. The molecule has 156 valence electrons. The summed E-state index contributed by atoms with van der Waals surface area (Å²) in [5.74, 6) is -2.85. The molecule has 0 aliphatic heterocycles. The molecule has 0 aromatic rings. The van der Waals surface area contributed by atoms with E-state index in [2.05, 4.69) is 16.0 Å². The van der Waals surface area contributed by atoms with Crippen molar-refractivity contribution in [3.05, 3.63) is 0 Å². The lowest BCUT2D eigenvalue weighted by Crippen LogP contribution is -2.57. The zero-order valence-corrected chi connectivity index (χ0v) is 16.8. The average Bonchev–Trinajstić information content (AvgIpc) is 2.60. The first-order chi connectivity index (χ1) is 12.5. The van der Waals surface area contributed by atoms with E-state index in [9.17, 15) is 24.3 Å². The first-order valence-electron chi connectivity index (χ1n) is 8.54. The number of carbonyl (C=O) groups excluding carboxylic acids is 3. The van der Waals surface area contributed by atoms with E-state index in [1.807, 2.05) is 6.26 Å². The summed E-state index contributed by atoms with van der Waals surface area (Å²) in [7, 11) is 0. The van der Waals surface area contributed by atoms with Crippen LogP contribution in [0.2, 0.25) is 0 Å². The Hall–Kier alpha value is -1.85. The van der Waals surface area contributed by atoms with Crippen LogP contribution < -0.4 is 21.7 Å². The van der Waals surface area contributed by atoms with E-state index in [0.717, 1.165) is 0 Å². The number of carboxylic acid groups (broad SMARTS) is 1. The van der Waals surface area contributed by atoms with Crippen molar-refractivity contribution in [2.75, 3.05) is 18.6 Å². The van der Waals surface area contributed by atoms with Crippen molar-refractivity contribution in [3.63, 3.8) is 0 Å². The monoisotopic (exact) mass is 406 g/mol. The second-order valence-corrected chi connectivity index (χ2v) is 7.42. The van der Waals surface area contributed by atoms with Gasteiger partial charge in [-0.3, -0.25) is 14.4 Å². The number of carbonyl (C=O) groups is 4. The fraction of sp³-hybridized carbons (Fsp3) is 0.750. The van der Waals surface area contributed by atoms with Crippen LogP contribution in [0.4, 0.5) is 0 Å². The van der Waals surface area contributed by atoms with Gasteiger partial charge < -0.3 is 31.9 Å². The lowest BCUT2D eigenvalue weighted by atomic mass is 10.0. The summed E-state index contributed by atoms with van der Waals surface area (Å²) in [6.45, 7) is 4.17. The van der Waals surface area contributed by atoms with Crippen molar-refractivity contribution >= 4 is 35.5 Å². The second kappa shape index (κ2) is 12.5. The second-order valence-electron chi connectivity index (χ2n) is 6.43. The molecule has 0 aromatic carbocycles. The Kier molecular flexibility index (Phi) is 11.7. The lowest BCUT2D eigenvalue weighted by molar-refractivity contribution is -0.143. The van der Waals surface area contributed by atoms with Gasteiger partial charge in [-0.05, 0) is 31.3 Å². The molecule has 0 aliphatic rings. The van der Waals surface area contributed by atoms with Crippen LogP contribution in [-0.4, -0.2) is 76.7 Å². The molecule has 7 N–H and O–H groups in total. The number of carboxylic acids is 1. The maximum absolute atomic E-state index is 12.5. The number of aliphatic hydroxyl groups excluding tert-OH is 1. The van der Waals surface area contributed by atoms with Gasteiger partial charge in [-0.1, -0.05) is 13.8 Å². The molecule has 0 fully saturated rings. The summed E-state index contributed by atoms with van der Waals surface area (Å²) in [5, 5.41) is 25.4. The number of thioether (sulfide) groups is 1. The number of aliphatic carboxylic acids is 1. The maximum Gasteiger partial charge on any atom is 0.326 e. The normalized spacial score (nSPS) is 15.4. The van der Waals surface area contributed by atoms with Crippen molar-refractivity contribution in [2.45, 2.75) is 51.4 Å². The highest BCUT2D eigenvalue weighted by Crippen LogP contribution is 2.06. The van der Waals surface area contributed by atoms with Crippen LogP contribution in [0.3, 0.4) is 0 Å². The molecule has 27 heavy (non-hydrogen) atoms. The van der Waals surface area contributed by atoms with Crippen molar-refractivity contribution in [3.8, 4) is 0 Å². The average molecular weight is 407 g/mol. The largest absolute Gasteiger partial charge is 0.480 e. The molecule has 0 saturated carbocycles. The van der Waals surface area contributed by atoms with Crippen LogP contribution in [-0.2, 0) is 19.2 Å². The zero-order valence-electron chi connectivity index (χ0n) is 16.0. The van der Waals surface area contributed by atoms with Gasteiger partial charge in [0.2, 0.25) is 17.7 Å². The van der Waals surface area contributed by atoms with E-state index in [0.29, 0.717) is 12.2 Å². The molecule has 10 nitrogen and oxygen atoms in total. The Bertz CT molecular complexity index is 531. The molecule has 11 heteroatoms. The quantitative estimate of drug-likeness (QED) is 0.222. The molecule has 4 atom stereocenters. The molecule has 0 aliphatic carbocycles. The van der Waals surface area contributed by atoms with Gasteiger partial charge in [-0.25, -0.2) is 4.79 Å². The van der Waals surface area contributed by atoms with E-state index in [1.54, 1.807) is 13.8 Å². The first-order valence-corrected chi connectivity index (χ1v) is 9.93. The molecule has 4 unspecified atom stereocenters. The molecule has 3 amide bonds. The van der Waals surface area contributed by atoms with Crippen LogP contribution in [0.1, 0.15) is 27.2 Å². The van der Waals surface area contributed by atoms with Gasteiger partial charge in [0.05, 0.1) is 6.61 Å². The standard InChI is InChI=1S/C16H30N4O6S/c1-8(2)12(16(25)26)20-15(24)11(5-6-27-4)19-13(22)9(3)18-14(23)10(17)7-21/h8-12,21H,5-7,17H2,1-4H3,(H,18,23)(H,19,22)(H,20,24)(H,25,26). The Balaban J connectivity index is 5.02. The molecule has 0 aromatic heterocycles. The molecule has 0 rings (SSSR count). The number of hydrogen-bond donors (Lipinski definition) is 6. The van der Waals surface area contributed by atoms with E-state index in [4.69, 9.17) is 10.8 Å². The van der Waals surface area contributed by atoms with Gasteiger partial charge in [-0.15, -0.1) is 0 Å². The van der Waals surface area contributed by atoms with Gasteiger partial charge in [0, 0.05) is 0 Å². The number of hydrogen-bond acceptors (Lipinski definition) is 7. The number of nitrogens with two attached hydrogens (primary N) is 1. The number of aliphatic hydroxyl groups is 1. The zero-order chi connectivity index (χ0) is 21.1. The van der Waals surface area contributed by atoms with Crippen molar-refractivity contribution < 1.29 is 29.4 Å². The van der Waals surface area contributed by atoms with E-state index in [-0.39, 0.29) is 5.92 Å². The molecule has 0 spiro atoms. The Morgan fingerprint density at radius 2 is 1.59 bits per heavy atom. The number of nitrogens with one attached hydrogen (secondary N) is 3. The van der Waals surface area contributed by atoms with E-state index < -0.39 is 54.5 Å². The Labute approximate surface area is 163 Å². The van der Waals surface area contributed by atoms with Crippen LogP contribution in [0, 0.1) is 5.92 Å².